The monoisotopic (exact) mass is 514 g/mol. The molecular formula is C28H26N4O2S2. The van der Waals surface area contributed by atoms with Crippen LogP contribution in [0.15, 0.2) is 97.4 Å². The second-order valence-corrected chi connectivity index (χ2v) is 11.0. The zero-order valence-electron chi connectivity index (χ0n) is 19.9. The first-order valence-electron chi connectivity index (χ1n) is 12.0. The van der Waals surface area contributed by atoms with E-state index in [1.807, 2.05) is 24.4 Å². The van der Waals surface area contributed by atoms with Crippen molar-refractivity contribution in [2.75, 3.05) is 29.9 Å². The van der Waals surface area contributed by atoms with Crippen LogP contribution < -0.4 is 15.8 Å². The molecule has 0 bridgehead atoms. The van der Waals surface area contributed by atoms with E-state index in [2.05, 4.69) is 69.6 Å². The molecule has 1 atom stereocenters. The molecule has 0 aliphatic carbocycles. The third-order valence-electron chi connectivity index (χ3n) is 6.38. The Morgan fingerprint density at radius 1 is 1.08 bits per heavy atom. The second-order valence-electron chi connectivity index (χ2n) is 8.91. The molecule has 36 heavy (non-hydrogen) atoms. The molecule has 1 unspecified atom stereocenters. The normalized spacial score (nSPS) is 16.8. The molecule has 2 N–H and O–H groups in total. The van der Waals surface area contributed by atoms with Crippen molar-refractivity contribution in [3.63, 3.8) is 0 Å². The number of hydrogen-bond donors (Lipinski definition) is 2. The maximum atomic E-state index is 12.3. The number of anilines is 2. The van der Waals surface area contributed by atoms with Crippen LogP contribution in [-0.2, 0) is 11.3 Å². The van der Waals surface area contributed by atoms with Gasteiger partial charge in [0, 0.05) is 50.8 Å². The number of fused-ring (bicyclic) bond motifs is 2. The highest BCUT2D eigenvalue weighted by Gasteiger charge is 2.29. The van der Waals surface area contributed by atoms with E-state index in [0.717, 1.165) is 11.4 Å². The van der Waals surface area contributed by atoms with Crippen molar-refractivity contribution in [2.24, 2.45) is 0 Å². The van der Waals surface area contributed by atoms with E-state index < -0.39 is 0 Å². The van der Waals surface area contributed by atoms with Gasteiger partial charge >= 0.3 is 0 Å². The van der Waals surface area contributed by atoms with Gasteiger partial charge in [0.15, 0.2) is 0 Å². The summed E-state index contributed by atoms with van der Waals surface area (Å²) in [7, 11) is 0. The van der Waals surface area contributed by atoms with Crippen LogP contribution in [0.25, 0.3) is 0 Å². The van der Waals surface area contributed by atoms with Gasteiger partial charge in [0.1, 0.15) is 11.8 Å². The molecule has 0 radical (unpaired) electrons. The Hall–Kier alpha value is -3.20. The Balaban J connectivity index is 1.21. The molecule has 2 aliphatic heterocycles. The van der Waals surface area contributed by atoms with Crippen LogP contribution in [0.3, 0.4) is 0 Å². The molecule has 1 saturated heterocycles. The van der Waals surface area contributed by atoms with Gasteiger partial charge in [-0.25, -0.2) is 0 Å². The summed E-state index contributed by atoms with van der Waals surface area (Å²) in [6.45, 7) is 4.72. The number of aromatic nitrogens is 2. The van der Waals surface area contributed by atoms with Crippen LogP contribution in [-0.4, -0.2) is 29.7 Å². The van der Waals surface area contributed by atoms with Crippen molar-refractivity contribution in [3.05, 3.63) is 100 Å². The number of nitrogens with one attached hydrogen (secondary N) is 2. The Morgan fingerprint density at radius 2 is 2.03 bits per heavy atom. The molecule has 6 rings (SSSR count). The number of benzene rings is 2. The Kier molecular flexibility index (Phi) is 6.48. The lowest BCUT2D eigenvalue weighted by molar-refractivity contribution is 0.0378. The first-order chi connectivity index (χ1) is 17.6. The molecule has 1 fully saturated rings. The lowest BCUT2D eigenvalue weighted by Gasteiger charge is -2.35. The highest BCUT2D eigenvalue weighted by atomic mass is 32.2. The standard InChI is InChI=1S/C28H26N4O2S2/c1-18-9-11-29-20(14-18)16-31-19-7-8-24-26(15-19)35-25-6-2-4-21(27(25)36-24)23-17-32(12-13-34-23)22-5-3-10-30-28(22)33/h2-11,14-15,23,31H,12-13,16-17H2,1H3,(H,30,33). The average Bonchev–Trinajstić information content (AvgIpc) is 2.91. The van der Waals surface area contributed by atoms with Crippen molar-refractivity contribution in [1.82, 2.24) is 9.97 Å². The lowest BCUT2D eigenvalue weighted by atomic mass is 10.1. The first-order valence-corrected chi connectivity index (χ1v) is 13.6. The van der Waals surface area contributed by atoms with Gasteiger partial charge in [0.2, 0.25) is 0 Å². The third-order valence-corrected chi connectivity index (χ3v) is 8.99. The number of rotatable bonds is 5. The summed E-state index contributed by atoms with van der Waals surface area (Å²) in [5.74, 6) is 0. The molecule has 0 saturated carbocycles. The summed E-state index contributed by atoms with van der Waals surface area (Å²) in [5.41, 5.74) is 5.15. The van der Waals surface area contributed by atoms with Crippen LogP contribution in [0.1, 0.15) is 22.9 Å². The fourth-order valence-electron chi connectivity index (χ4n) is 4.59. The Bertz CT molecular complexity index is 1470. The highest BCUT2D eigenvalue weighted by molar-refractivity contribution is 8.05. The van der Waals surface area contributed by atoms with E-state index in [0.29, 0.717) is 31.9 Å². The minimum absolute atomic E-state index is 0.0605. The number of H-pyrrole nitrogens is 1. The predicted molar refractivity (Wildman–Crippen MR) is 145 cm³/mol. The zero-order valence-corrected chi connectivity index (χ0v) is 21.5. The molecule has 2 aliphatic rings. The van der Waals surface area contributed by atoms with Crippen molar-refractivity contribution in [3.8, 4) is 0 Å². The topological polar surface area (TPSA) is 70.2 Å². The van der Waals surface area contributed by atoms with Crippen molar-refractivity contribution in [2.45, 2.75) is 39.2 Å². The Labute approximate surface area is 218 Å². The lowest BCUT2D eigenvalue weighted by Crippen LogP contribution is -2.41. The van der Waals surface area contributed by atoms with E-state index in [-0.39, 0.29) is 11.7 Å². The molecular weight excluding hydrogens is 488 g/mol. The van der Waals surface area contributed by atoms with E-state index in [1.54, 1.807) is 29.7 Å². The van der Waals surface area contributed by atoms with Crippen molar-refractivity contribution in [1.29, 1.82) is 0 Å². The third kappa shape index (κ3) is 4.76. The van der Waals surface area contributed by atoms with Crippen LogP contribution in [0, 0.1) is 6.92 Å². The van der Waals surface area contributed by atoms with Gasteiger partial charge in [-0.05, 0) is 66.6 Å². The summed E-state index contributed by atoms with van der Waals surface area (Å²) in [5, 5.41) is 3.51. The number of morpholine rings is 1. The minimum Gasteiger partial charge on any atom is -0.379 e. The van der Waals surface area contributed by atoms with Crippen molar-refractivity contribution < 1.29 is 4.74 Å². The summed E-state index contributed by atoms with van der Waals surface area (Å²) in [6.07, 6.45) is 3.43. The van der Waals surface area contributed by atoms with Crippen LogP contribution in [0.2, 0.25) is 0 Å². The maximum absolute atomic E-state index is 12.3. The number of aryl methyl sites for hydroxylation is 1. The van der Waals surface area contributed by atoms with Crippen LogP contribution >= 0.6 is 23.5 Å². The Morgan fingerprint density at radius 3 is 2.92 bits per heavy atom. The molecule has 0 amide bonds. The molecule has 2 aromatic carbocycles. The van der Waals surface area contributed by atoms with Crippen LogP contribution in [0.4, 0.5) is 11.4 Å². The fraction of sp³-hybridized carbons (Fsp3) is 0.214. The zero-order chi connectivity index (χ0) is 24.5. The molecule has 4 aromatic rings. The van der Waals surface area contributed by atoms with E-state index in [4.69, 9.17) is 4.74 Å². The molecule has 4 heterocycles. The SMILES string of the molecule is Cc1ccnc(CNc2ccc3c(c2)Sc2cccc(C4CN(c5ccc[nH]c5=O)CCO4)c2S3)c1. The summed E-state index contributed by atoms with van der Waals surface area (Å²) in [4.78, 5) is 26.7. The number of ether oxygens (including phenoxy) is 1. The number of pyridine rings is 2. The minimum atomic E-state index is -0.0919. The predicted octanol–water partition coefficient (Wildman–Crippen LogP) is 5.88. The smallest absolute Gasteiger partial charge is 0.271 e. The van der Waals surface area contributed by atoms with Crippen LogP contribution in [0.5, 0.6) is 0 Å². The quantitative estimate of drug-likeness (QED) is 0.303. The molecule has 8 heteroatoms. The van der Waals surface area contributed by atoms with Gasteiger partial charge in [-0.2, -0.15) is 0 Å². The van der Waals surface area contributed by atoms with Crippen molar-refractivity contribution >= 4 is 34.9 Å². The number of hydrogen-bond acceptors (Lipinski definition) is 7. The highest BCUT2D eigenvalue weighted by Crippen LogP contribution is 2.51. The van der Waals surface area contributed by atoms with Gasteiger partial charge in [-0.1, -0.05) is 35.7 Å². The van der Waals surface area contributed by atoms with E-state index in [9.17, 15) is 4.79 Å². The second kappa shape index (κ2) is 10.0. The molecule has 2 aromatic heterocycles. The van der Waals surface area contributed by atoms with E-state index >= 15 is 0 Å². The van der Waals surface area contributed by atoms with Gasteiger partial charge in [0.05, 0.1) is 18.8 Å². The molecule has 0 spiro atoms. The maximum Gasteiger partial charge on any atom is 0.271 e. The average molecular weight is 515 g/mol. The van der Waals surface area contributed by atoms with Gasteiger partial charge in [-0.15, -0.1) is 0 Å². The molecule has 182 valence electrons. The number of aromatic amines is 1. The summed E-state index contributed by atoms with van der Waals surface area (Å²) < 4.78 is 6.22. The van der Waals surface area contributed by atoms with Gasteiger partial charge in [0.25, 0.3) is 5.56 Å². The van der Waals surface area contributed by atoms with Gasteiger partial charge < -0.3 is 19.9 Å². The van der Waals surface area contributed by atoms with Gasteiger partial charge in [-0.3, -0.25) is 9.78 Å². The molecule has 6 nitrogen and oxygen atoms in total. The summed E-state index contributed by atoms with van der Waals surface area (Å²) in [6, 6.07) is 20.9. The van der Waals surface area contributed by atoms with E-state index in [1.165, 1.54) is 30.7 Å². The summed E-state index contributed by atoms with van der Waals surface area (Å²) >= 11 is 3.60. The fourth-order valence-corrected chi connectivity index (χ4v) is 7.04. The first kappa shape index (κ1) is 23.2. The largest absolute Gasteiger partial charge is 0.379 e. The number of nitrogens with zero attached hydrogens (tertiary/aromatic N) is 2.